The summed E-state index contributed by atoms with van der Waals surface area (Å²) >= 11 is 0. The average Bonchev–Trinajstić information content (AvgIpc) is 2.72. The van der Waals surface area contributed by atoms with Crippen molar-refractivity contribution in [3.8, 4) is 5.75 Å². The molecule has 0 bridgehead atoms. The van der Waals surface area contributed by atoms with Gasteiger partial charge >= 0.3 is 0 Å². The predicted octanol–water partition coefficient (Wildman–Crippen LogP) is 1.80. The van der Waals surface area contributed by atoms with Crippen molar-refractivity contribution in [3.63, 3.8) is 0 Å². The van der Waals surface area contributed by atoms with E-state index in [2.05, 4.69) is 0 Å². The number of benzene rings is 1. The molecule has 0 saturated carbocycles. The van der Waals surface area contributed by atoms with Crippen molar-refractivity contribution < 1.29 is 4.74 Å². The number of aryl methyl sites for hydroxylation is 1. The molecule has 0 radical (unpaired) electrons. The maximum Gasteiger partial charge on any atom is 0.274 e. The highest BCUT2D eigenvalue weighted by Gasteiger charge is 2.07. The second-order valence-corrected chi connectivity index (χ2v) is 4.04. The Balaban J connectivity index is 2.49. The van der Waals surface area contributed by atoms with Crippen LogP contribution in [0.3, 0.4) is 0 Å². The van der Waals surface area contributed by atoms with E-state index in [1.807, 2.05) is 34.9 Å². The Morgan fingerprint density at radius 3 is 2.71 bits per heavy atom. The summed E-state index contributed by atoms with van der Waals surface area (Å²) in [5, 5.41) is 1.01. The first-order valence-corrected chi connectivity index (χ1v) is 5.35. The van der Waals surface area contributed by atoms with Gasteiger partial charge in [0.2, 0.25) is 0 Å². The van der Waals surface area contributed by atoms with Crippen LogP contribution in [-0.4, -0.2) is 16.1 Å². The fraction of sp³-hybridized carbons (Fsp3) is 0.154. The minimum absolute atomic E-state index is 0.00247. The molecule has 4 heteroatoms. The molecule has 2 heterocycles. The van der Waals surface area contributed by atoms with Gasteiger partial charge in [-0.2, -0.15) is 0 Å². The molecule has 0 atom stereocenters. The maximum absolute atomic E-state index is 12.0. The molecule has 0 aliphatic rings. The molecule has 3 rings (SSSR count). The molecule has 0 unspecified atom stereocenters. The van der Waals surface area contributed by atoms with Gasteiger partial charge in [0.05, 0.1) is 12.6 Å². The van der Waals surface area contributed by atoms with Crippen molar-refractivity contribution in [2.24, 2.45) is 7.05 Å². The number of fused-ring (bicyclic) bond motifs is 3. The molecule has 0 amide bonds. The zero-order valence-electron chi connectivity index (χ0n) is 9.68. The molecular weight excluding hydrogens is 216 g/mol. The van der Waals surface area contributed by atoms with Gasteiger partial charge in [0.25, 0.3) is 5.56 Å². The normalized spacial score (nSPS) is 11.2. The lowest BCUT2D eigenvalue weighted by Gasteiger charge is -2.01. The van der Waals surface area contributed by atoms with Crippen LogP contribution in [0.25, 0.3) is 16.4 Å². The Labute approximate surface area is 97.7 Å². The smallest absolute Gasteiger partial charge is 0.274 e. The van der Waals surface area contributed by atoms with Gasteiger partial charge in [-0.1, -0.05) is 0 Å². The van der Waals surface area contributed by atoms with Crippen LogP contribution in [0.2, 0.25) is 0 Å². The highest BCUT2D eigenvalue weighted by atomic mass is 16.5. The third-order valence-corrected chi connectivity index (χ3v) is 3.02. The lowest BCUT2D eigenvalue weighted by Crippen LogP contribution is -2.17. The summed E-state index contributed by atoms with van der Waals surface area (Å²) in [6.07, 6.45) is 3.66. The fourth-order valence-corrected chi connectivity index (χ4v) is 2.08. The zero-order chi connectivity index (χ0) is 12.0. The SMILES string of the molecule is COc1ccc2c(c1)cc1c(=O)n(C)ccn12. The first-order chi connectivity index (χ1) is 8.20. The van der Waals surface area contributed by atoms with Gasteiger partial charge < -0.3 is 13.7 Å². The molecule has 86 valence electrons. The number of ether oxygens (including phenoxy) is 1. The van der Waals surface area contributed by atoms with Crippen LogP contribution in [-0.2, 0) is 7.05 Å². The van der Waals surface area contributed by atoms with E-state index < -0.39 is 0 Å². The van der Waals surface area contributed by atoms with E-state index in [1.54, 1.807) is 24.9 Å². The van der Waals surface area contributed by atoms with Crippen molar-refractivity contribution in [3.05, 3.63) is 47.0 Å². The monoisotopic (exact) mass is 228 g/mol. The molecule has 0 aliphatic carbocycles. The van der Waals surface area contributed by atoms with E-state index in [-0.39, 0.29) is 5.56 Å². The van der Waals surface area contributed by atoms with Crippen LogP contribution in [0.1, 0.15) is 0 Å². The molecule has 1 aromatic carbocycles. The Morgan fingerprint density at radius 1 is 1.12 bits per heavy atom. The van der Waals surface area contributed by atoms with E-state index in [1.165, 1.54) is 0 Å². The summed E-state index contributed by atoms with van der Waals surface area (Å²) < 4.78 is 8.65. The van der Waals surface area contributed by atoms with Crippen LogP contribution in [0.4, 0.5) is 0 Å². The van der Waals surface area contributed by atoms with Crippen LogP contribution in [0.15, 0.2) is 41.5 Å². The molecule has 3 aromatic rings. The molecule has 0 spiro atoms. The van der Waals surface area contributed by atoms with Crippen molar-refractivity contribution in [2.45, 2.75) is 0 Å². The summed E-state index contributed by atoms with van der Waals surface area (Å²) in [5.74, 6) is 0.797. The maximum atomic E-state index is 12.0. The number of hydrogen-bond acceptors (Lipinski definition) is 2. The molecule has 0 fully saturated rings. The van der Waals surface area contributed by atoms with Gasteiger partial charge in [-0.15, -0.1) is 0 Å². The highest BCUT2D eigenvalue weighted by Crippen LogP contribution is 2.23. The predicted molar refractivity (Wildman–Crippen MR) is 66.7 cm³/mol. The summed E-state index contributed by atoms with van der Waals surface area (Å²) in [7, 11) is 3.39. The molecule has 0 N–H and O–H groups in total. The van der Waals surface area contributed by atoms with Crippen molar-refractivity contribution in [2.75, 3.05) is 7.11 Å². The quantitative estimate of drug-likeness (QED) is 0.636. The first kappa shape index (κ1) is 9.96. The molecule has 2 aromatic heterocycles. The molecule has 17 heavy (non-hydrogen) atoms. The summed E-state index contributed by atoms with van der Waals surface area (Å²) in [4.78, 5) is 12.0. The topological polar surface area (TPSA) is 35.6 Å². The van der Waals surface area contributed by atoms with Crippen LogP contribution >= 0.6 is 0 Å². The Morgan fingerprint density at radius 2 is 1.94 bits per heavy atom. The minimum atomic E-state index is 0.00247. The summed E-state index contributed by atoms with van der Waals surface area (Å²) in [6.45, 7) is 0. The van der Waals surface area contributed by atoms with Gasteiger partial charge in [-0.3, -0.25) is 4.79 Å². The highest BCUT2D eigenvalue weighted by molar-refractivity contribution is 5.88. The number of rotatable bonds is 1. The van der Waals surface area contributed by atoms with E-state index in [9.17, 15) is 4.79 Å². The third-order valence-electron chi connectivity index (χ3n) is 3.02. The lowest BCUT2D eigenvalue weighted by molar-refractivity contribution is 0.415. The third kappa shape index (κ3) is 1.34. The van der Waals surface area contributed by atoms with Gasteiger partial charge in [0.15, 0.2) is 0 Å². The lowest BCUT2D eigenvalue weighted by atomic mass is 10.2. The second kappa shape index (κ2) is 3.38. The summed E-state index contributed by atoms with van der Waals surface area (Å²) in [6, 6.07) is 7.68. The van der Waals surface area contributed by atoms with Gasteiger partial charge in [-0.25, -0.2) is 0 Å². The zero-order valence-corrected chi connectivity index (χ0v) is 9.68. The van der Waals surface area contributed by atoms with E-state index >= 15 is 0 Å². The number of hydrogen-bond donors (Lipinski definition) is 0. The Bertz CT molecular complexity index is 768. The average molecular weight is 228 g/mol. The second-order valence-electron chi connectivity index (χ2n) is 4.04. The van der Waals surface area contributed by atoms with Crippen molar-refractivity contribution in [1.29, 1.82) is 0 Å². The largest absolute Gasteiger partial charge is 0.497 e. The van der Waals surface area contributed by atoms with Crippen LogP contribution in [0, 0.1) is 0 Å². The van der Waals surface area contributed by atoms with E-state index in [4.69, 9.17) is 4.74 Å². The van der Waals surface area contributed by atoms with Crippen molar-refractivity contribution in [1.82, 2.24) is 8.97 Å². The van der Waals surface area contributed by atoms with Crippen LogP contribution in [0.5, 0.6) is 5.75 Å². The first-order valence-electron chi connectivity index (χ1n) is 5.35. The Kier molecular flexibility index (Phi) is 1.98. The fourth-order valence-electron chi connectivity index (χ4n) is 2.08. The van der Waals surface area contributed by atoms with Crippen LogP contribution < -0.4 is 10.3 Å². The molecule has 0 aliphatic heterocycles. The standard InChI is InChI=1S/C13H12N2O2/c1-14-5-6-15-11-4-3-10(17-2)7-9(11)8-12(15)13(14)16/h3-8H,1-2H3. The van der Waals surface area contributed by atoms with Gasteiger partial charge in [0, 0.05) is 24.8 Å². The number of aromatic nitrogens is 2. The van der Waals surface area contributed by atoms with E-state index in [0.717, 1.165) is 16.7 Å². The molecular formula is C13H12N2O2. The van der Waals surface area contributed by atoms with Gasteiger partial charge in [0.1, 0.15) is 11.3 Å². The minimum Gasteiger partial charge on any atom is -0.497 e. The Hall–Kier alpha value is -2.23. The van der Waals surface area contributed by atoms with E-state index in [0.29, 0.717) is 5.52 Å². The van der Waals surface area contributed by atoms with Gasteiger partial charge in [-0.05, 0) is 24.3 Å². The number of methoxy groups -OCH3 is 1. The molecule has 4 nitrogen and oxygen atoms in total. The molecule has 0 saturated heterocycles. The number of nitrogens with zero attached hydrogens (tertiary/aromatic N) is 2. The summed E-state index contributed by atoms with van der Waals surface area (Å²) in [5.41, 5.74) is 1.69. The van der Waals surface area contributed by atoms with Crippen molar-refractivity contribution >= 4 is 16.4 Å².